The number of hydrogen-bond donors (Lipinski definition) is 3. The van der Waals surface area contributed by atoms with Crippen molar-refractivity contribution in [3.63, 3.8) is 0 Å². The van der Waals surface area contributed by atoms with Crippen molar-refractivity contribution in [2.45, 2.75) is 0 Å². The third-order valence-corrected chi connectivity index (χ3v) is 3.28. The van der Waals surface area contributed by atoms with Crippen molar-refractivity contribution in [3.05, 3.63) is 53.3 Å². The number of H-pyrrole nitrogens is 1. The first-order chi connectivity index (χ1) is 9.63. The molecule has 3 aromatic rings. The second-order valence-electron chi connectivity index (χ2n) is 4.32. The highest BCUT2D eigenvalue weighted by Crippen LogP contribution is 2.21. The van der Waals surface area contributed by atoms with Crippen molar-refractivity contribution < 1.29 is 4.79 Å². The molecule has 0 radical (unpaired) electrons. The molecule has 0 fully saturated rings. The van der Waals surface area contributed by atoms with Crippen LogP contribution in [0.5, 0.6) is 0 Å². The fourth-order valence-corrected chi connectivity index (χ4v) is 2.02. The van der Waals surface area contributed by atoms with Gasteiger partial charge in [0.1, 0.15) is 0 Å². The Hall–Kier alpha value is -2.53. The summed E-state index contributed by atoms with van der Waals surface area (Å²) < 4.78 is 0. The molecule has 0 saturated carbocycles. The Labute approximate surface area is 119 Å². The molecule has 1 amide bonds. The number of benzene rings is 2. The summed E-state index contributed by atoms with van der Waals surface area (Å²) in [5, 5.41) is 3.23. The third kappa shape index (κ3) is 2.31. The molecule has 0 aliphatic heterocycles. The summed E-state index contributed by atoms with van der Waals surface area (Å²) >= 11 is 5.83. The number of carbonyl (C=O) groups is 1. The lowest BCUT2D eigenvalue weighted by Gasteiger charge is -2.06. The van der Waals surface area contributed by atoms with Crippen LogP contribution in [-0.2, 0) is 0 Å². The zero-order valence-electron chi connectivity index (χ0n) is 10.4. The first-order valence-electron chi connectivity index (χ1n) is 5.93. The lowest BCUT2D eigenvalue weighted by Crippen LogP contribution is -2.12. The Morgan fingerprint density at radius 3 is 2.90 bits per heavy atom. The van der Waals surface area contributed by atoms with Crippen LogP contribution < -0.4 is 11.1 Å². The summed E-state index contributed by atoms with van der Waals surface area (Å²) in [4.78, 5) is 19.2. The van der Waals surface area contributed by atoms with E-state index in [1.165, 1.54) is 0 Å². The molecule has 0 saturated heterocycles. The average molecular weight is 287 g/mol. The van der Waals surface area contributed by atoms with E-state index in [2.05, 4.69) is 15.3 Å². The van der Waals surface area contributed by atoms with Crippen molar-refractivity contribution >= 4 is 39.9 Å². The third-order valence-electron chi connectivity index (χ3n) is 2.94. The lowest BCUT2D eigenvalue weighted by molar-refractivity contribution is 0.102. The van der Waals surface area contributed by atoms with Gasteiger partial charge in [-0.3, -0.25) is 4.79 Å². The van der Waals surface area contributed by atoms with Crippen molar-refractivity contribution in [2.75, 3.05) is 11.1 Å². The van der Waals surface area contributed by atoms with E-state index in [0.29, 0.717) is 22.0 Å². The van der Waals surface area contributed by atoms with Gasteiger partial charge in [-0.25, -0.2) is 4.98 Å². The number of aromatic nitrogens is 2. The number of carbonyl (C=O) groups excluding carboxylic acids is 1. The molecule has 0 unspecified atom stereocenters. The Bertz CT molecular complexity index is 797. The van der Waals surface area contributed by atoms with Gasteiger partial charge in [-0.05, 0) is 36.4 Å². The summed E-state index contributed by atoms with van der Waals surface area (Å²) in [6.07, 6.45) is 1.61. The fourth-order valence-electron chi connectivity index (χ4n) is 1.90. The second-order valence-corrected chi connectivity index (χ2v) is 4.73. The maximum Gasteiger partial charge on any atom is 0.255 e. The highest BCUT2D eigenvalue weighted by Gasteiger charge is 2.08. The van der Waals surface area contributed by atoms with Gasteiger partial charge in [0.05, 0.1) is 28.1 Å². The van der Waals surface area contributed by atoms with Crippen molar-refractivity contribution in [1.29, 1.82) is 0 Å². The number of imidazole rings is 1. The molecule has 1 aromatic heterocycles. The second kappa shape index (κ2) is 4.86. The molecule has 1 heterocycles. The van der Waals surface area contributed by atoms with Crippen LogP contribution in [0.25, 0.3) is 11.0 Å². The number of nitrogens with two attached hydrogens (primary N) is 1. The molecule has 6 heteroatoms. The van der Waals surface area contributed by atoms with Crippen LogP contribution >= 0.6 is 11.6 Å². The normalized spacial score (nSPS) is 10.7. The number of halogens is 1. The zero-order valence-corrected chi connectivity index (χ0v) is 11.1. The van der Waals surface area contributed by atoms with Gasteiger partial charge in [0.2, 0.25) is 0 Å². The molecule has 0 aliphatic carbocycles. The van der Waals surface area contributed by atoms with E-state index in [0.717, 1.165) is 11.0 Å². The van der Waals surface area contributed by atoms with E-state index in [9.17, 15) is 4.79 Å². The van der Waals surface area contributed by atoms with Crippen LogP contribution in [0, 0.1) is 0 Å². The quantitative estimate of drug-likeness (QED) is 0.633. The van der Waals surface area contributed by atoms with Crippen LogP contribution in [0.15, 0.2) is 42.7 Å². The van der Waals surface area contributed by atoms with Gasteiger partial charge in [-0.1, -0.05) is 11.6 Å². The summed E-state index contributed by atoms with van der Waals surface area (Å²) in [6, 6.07) is 10.2. The maximum absolute atomic E-state index is 12.1. The summed E-state index contributed by atoms with van der Waals surface area (Å²) in [5.41, 5.74) is 8.91. The Morgan fingerprint density at radius 1 is 1.25 bits per heavy atom. The molecule has 4 N–H and O–H groups in total. The van der Waals surface area contributed by atoms with Gasteiger partial charge in [-0.15, -0.1) is 0 Å². The number of rotatable bonds is 2. The van der Waals surface area contributed by atoms with Gasteiger partial charge in [0, 0.05) is 11.3 Å². The number of nitrogen functional groups attached to an aromatic ring is 1. The van der Waals surface area contributed by atoms with E-state index in [1.54, 1.807) is 30.6 Å². The summed E-state index contributed by atoms with van der Waals surface area (Å²) in [7, 11) is 0. The molecule has 20 heavy (non-hydrogen) atoms. The van der Waals surface area contributed by atoms with Crippen molar-refractivity contribution in [2.24, 2.45) is 0 Å². The Kier molecular flexibility index (Phi) is 3.04. The largest absolute Gasteiger partial charge is 0.398 e. The minimum atomic E-state index is -0.243. The van der Waals surface area contributed by atoms with Crippen LogP contribution in [0.4, 0.5) is 11.4 Å². The molecule has 3 rings (SSSR count). The Balaban J connectivity index is 1.85. The van der Waals surface area contributed by atoms with E-state index in [-0.39, 0.29) is 5.91 Å². The van der Waals surface area contributed by atoms with Gasteiger partial charge < -0.3 is 16.0 Å². The van der Waals surface area contributed by atoms with E-state index in [4.69, 9.17) is 17.3 Å². The van der Waals surface area contributed by atoms with E-state index >= 15 is 0 Å². The lowest BCUT2D eigenvalue weighted by atomic mass is 10.2. The van der Waals surface area contributed by atoms with Gasteiger partial charge in [-0.2, -0.15) is 0 Å². The first kappa shape index (κ1) is 12.5. The number of anilines is 2. The van der Waals surface area contributed by atoms with Crippen LogP contribution in [-0.4, -0.2) is 15.9 Å². The van der Waals surface area contributed by atoms with Crippen LogP contribution in [0.2, 0.25) is 5.02 Å². The molecule has 5 nitrogen and oxygen atoms in total. The topological polar surface area (TPSA) is 83.8 Å². The van der Waals surface area contributed by atoms with Crippen LogP contribution in [0.3, 0.4) is 0 Å². The molecule has 100 valence electrons. The monoisotopic (exact) mass is 286 g/mol. The molecule has 2 aromatic carbocycles. The van der Waals surface area contributed by atoms with Crippen molar-refractivity contribution in [3.8, 4) is 0 Å². The smallest absolute Gasteiger partial charge is 0.255 e. The number of aromatic amines is 1. The maximum atomic E-state index is 12.1. The number of fused-ring (bicyclic) bond motifs is 1. The average Bonchev–Trinajstić information content (AvgIpc) is 2.89. The van der Waals surface area contributed by atoms with Gasteiger partial charge >= 0.3 is 0 Å². The summed E-state index contributed by atoms with van der Waals surface area (Å²) in [6.45, 7) is 0. The SMILES string of the molecule is Nc1cc(C(=O)Nc2ccc3nc[nH]c3c2)ccc1Cl. The summed E-state index contributed by atoms with van der Waals surface area (Å²) in [5.74, 6) is -0.243. The minimum Gasteiger partial charge on any atom is -0.398 e. The molecular weight excluding hydrogens is 276 g/mol. The molecular formula is C14H11ClN4O. The van der Waals surface area contributed by atoms with E-state index in [1.807, 2.05) is 12.1 Å². The van der Waals surface area contributed by atoms with Gasteiger partial charge in [0.25, 0.3) is 5.91 Å². The first-order valence-corrected chi connectivity index (χ1v) is 6.31. The highest BCUT2D eigenvalue weighted by atomic mass is 35.5. The molecule has 0 spiro atoms. The number of nitrogens with one attached hydrogen (secondary N) is 2. The number of hydrogen-bond acceptors (Lipinski definition) is 3. The minimum absolute atomic E-state index is 0.243. The van der Waals surface area contributed by atoms with Crippen LogP contribution in [0.1, 0.15) is 10.4 Å². The number of amides is 1. The molecule has 0 bridgehead atoms. The van der Waals surface area contributed by atoms with Gasteiger partial charge in [0.15, 0.2) is 0 Å². The predicted octanol–water partition coefficient (Wildman–Crippen LogP) is 3.05. The number of nitrogens with zero attached hydrogens (tertiary/aromatic N) is 1. The standard InChI is InChI=1S/C14H11ClN4O/c15-10-3-1-8(5-11(10)16)14(20)19-9-2-4-12-13(6-9)18-7-17-12/h1-7H,16H2,(H,17,18)(H,19,20). The Morgan fingerprint density at radius 2 is 2.10 bits per heavy atom. The molecule has 0 aliphatic rings. The fraction of sp³-hybridized carbons (Fsp3) is 0. The zero-order chi connectivity index (χ0) is 14.1. The van der Waals surface area contributed by atoms with Crippen molar-refractivity contribution in [1.82, 2.24) is 9.97 Å². The van der Waals surface area contributed by atoms with E-state index < -0.39 is 0 Å². The highest BCUT2D eigenvalue weighted by molar-refractivity contribution is 6.33. The predicted molar refractivity (Wildman–Crippen MR) is 79.9 cm³/mol. The molecule has 0 atom stereocenters.